The molecular formula is C20H20BrNO4. The average Bonchev–Trinajstić information content (AvgIpc) is 2.65. The van der Waals surface area contributed by atoms with E-state index in [2.05, 4.69) is 15.9 Å². The zero-order chi connectivity index (χ0) is 18.9. The maximum Gasteiger partial charge on any atom is 0.331 e. The van der Waals surface area contributed by atoms with Crippen LogP contribution in [-0.2, 0) is 20.9 Å². The number of esters is 1. The molecule has 0 atom stereocenters. The molecule has 0 bridgehead atoms. The van der Waals surface area contributed by atoms with Crippen LogP contribution in [0, 0.1) is 0 Å². The van der Waals surface area contributed by atoms with Crippen molar-refractivity contribution < 1.29 is 19.1 Å². The maximum absolute atomic E-state index is 12.2. The van der Waals surface area contributed by atoms with E-state index in [1.54, 1.807) is 20.2 Å². The number of halogens is 1. The smallest absolute Gasteiger partial charge is 0.331 e. The molecule has 5 nitrogen and oxygen atoms in total. The molecule has 136 valence electrons. The van der Waals surface area contributed by atoms with E-state index in [1.165, 1.54) is 11.0 Å². The fraction of sp³-hybridized carbons (Fsp3) is 0.200. The number of rotatable bonds is 7. The monoisotopic (exact) mass is 417 g/mol. The van der Waals surface area contributed by atoms with E-state index in [-0.39, 0.29) is 12.5 Å². The Hall–Kier alpha value is -2.60. The Morgan fingerprint density at radius 2 is 1.81 bits per heavy atom. The number of carbonyl (C=O) groups excluding carboxylic acids is 2. The molecule has 0 heterocycles. The molecule has 1 amide bonds. The number of nitrogens with zero attached hydrogens (tertiary/aromatic N) is 1. The SMILES string of the molecule is COc1ccccc1CN(C)C(=O)COC(=O)/C=C/c1ccccc1Br. The van der Waals surface area contributed by atoms with E-state index in [4.69, 9.17) is 9.47 Å². The van der Waals surface area contributed by atoms with Crippen molar-refractivity contribution in [3.8, 4) is 5.75 Å². The number of ether oxygens (including phenoxy) is 2. The Kier molecular flexibility index (Phi) is 7.41. The van der Waals surface area contributed by atoms with Crippen LogP contribution in [0.4, 0.5) is 0 Å². The highest BCUT2D eigenvalue weighted by molar-refractivity contribution is 9.10. The minimum Gasteiger partial charge on any atom is -0.496 e. The highest BCUT2D eigenvalue weighted by Gasteiger charge is 2.13. The molecule has 26 heavy (non-hydrogen) atoms. The molecule has 0 N–H and O–H groups in total. The Morgan fingerprint density at radius 3 is 2.54 bits per heavy atom. The van der Waals surface area contributed by atoms with Gasteiger partial charge in [-0.05, 0) is 23.8 Å². The van der Waals surface area contributed by atoms with Gasteiger partial charge in [-0.1, -0.05) is 52.3 Å². The van der Waals surface area contributed by atoms with Gasteiger partial charge in [0.2, 0.25) is 0 Å². The second kappa shape index (κ2) is 9.77. The van der Waals surface area contributed by atoms with Crippen LogP contribution in [0.15, 0.2) is 59.1 Å². The molecular weight excluding hydrogens is 398 g/mol. The van der Waals surface area contributed by atoms with Crippen molar-refractivity contribution in [2.75, 3.05) is 20.8 Å². The first kappa shape index (κ1) is 19.7. The van der Waals surface area contributed by atoms with Crippen molar-refractivity contribution in [3.63, 3.8) is 0 Å². The quantitative estimate of drug-likeness (QED) is 0.509. The van der Waals surface area contributed by atoms with Gasteiger partial charge < -0.3 is 14.4 Å². The summed E-state index contributed by atoms with van der Waals surface area (Å²) >= 11 is 3.40. The van der Waals surface area contributed by atoms with Crippen LogP contribution >= 0.6 is 15.9 Å². The summed E-state index contributed by atoms with van der Waals surface area (Å²) in [5.74, 6) is -0.154. The van der Waals surface area contributed by atoms with Crippen LogP contribution in [0.1, 0.15) is 11.1 Å². The average molecular weight is 418 g/mol. The normalized spacial score (nSPS) is 10.6. The number of hydrogen-bond donors (Lipinski definition) is 0. The number of para-hydroxylation sites is 1. The molecule has 0 radical (unpaired) electrons. The van der Waals surface area contributed by atoms with Crippen LogP contribution in [0.2, 0.25) is 0 Å². The Bertz CT molecular complexity index is 804. The molecule has 0 unspecified atom stereocenters. The molecule has 2 aromatic carbocycles. The number of benzene rings is 2. The van der Waals surface area contributed by atoms with E-state index in [0.717, 1.165) is 15.6 Å². The highest BCUT2D eigenvalue weighted by Crippen LogP contribution is 2.19. The van der Waals surface area contributed by atoms with E-state index < -0.39 is 5.97 Å². The van der Waals surface area contributed by atoms with Gasteiger partial charge in [-0.25, -0.2) is 4.79 Å². The number of amides is 1. The van der Waals surface area contributed by atoms with Gasteiger partial charge in [0.05, 0.1) is 7.11 Å². The fourth-order valence-electron chi connectivity index (χ4n) is 2.24. The summed E-state index contributed by atoms with van der Waals surface area (Å²) in [6, 6.07) is 14.9. The Morgan fingerprint density at radius 1 is 1.12 bits per heavy atom. The van der Waals surface area contributed by atoms with E-state index in [0.29, 0.717) is 12.3 Å². The summed E-state index contributed by atoms with van der Waals surface area (Å²) in [6.07, 6.45) is 2.93. The summed E-state index contributed by atoms with van der Waals surface area (Å²) in [5.41, 5.74) is 1.73. The molecule has 0 aromatic heterocycles. The largest absolute Gasteiger partial charge is 0.496 e. The van der Waals surface area contributed by atoms with Gasteiger partial charge in [-0.15, -0.1) is 0 Å². The van der Waals surface area contributed by atoms with Crippen molar-refractivity contribution in [2.24, 2.45) is 0 Å². The number of carbonyl (C=O) groups is 2. The molecule has 0 saturated heterocycles. The third kappa shape index (κ3) is 5.74. The fourth-order valence-corrected chi connectivity index (χ4v) is 2.65. The van der Waals surface area contributed by atoms with Crippen LogP contribution in [-0.4, -0.2) is 37.5 Å². The molecule has 2 rings (SSSR count). The highest BCUT2D eigenvalue weighted by atomic mass is 79.9. The van der Waals surface area contributed by atoms with Crippen LogP contribution < -0.4 is 4.74 Å². The van der Waals surface area contributed by atoms with Gasteiger partial charge in [-0.2, -0.15) is 0 Å². The Balaban J connectivity index is 1.85. The summed E-state index contributed by atoms with van der Waals surface area (Å²) in [7, 11) is 3.24. The van der Waals surface area contributed by atoms with Gasteiger partial charge >= 0.3 is 5.97 Å². The predicted octanol–water partition coefficient (Wildman–Crippen LogP) is 3.67. The molecule has 6 heteroatoms. The van der Waals surface area contributed by atoms with E-state index in [9.17, 15) is 9.59 Å². The van der Waals surface area contributed by atoms with Crippen LogP contribution in [0.5, 0.6) is 5.75 Å². The second-order valence-electron chi connectivity index (χ2n) is 5.52. The molecule has 0 aliphatic rings. The van der Waals surface area contributed by atoms with Gasteiger partial charge in [0.15, 0.2) is 6.61 Å². The number of likely N-dealkylation sites (N-methyl/N-ethyl adjacent to an activating group) is 1. The second-order valence-corrected chi connectivity index (χ2v) is 6.38. The third-order valence-electron chi connectivity index (χ3n) is 3.67. The first-order valence-electron chi connectivity index (χ1n) is 7.96. The molecule has 2 aromatic rings. The van der Waals surface area contributed by atoms with Crippen molar-refractivity contribution in [1.29, 1.82) is 0 Å². The van der Waals surface area contributed by atoms with E-state index >= 15 is 0 Å². The molecule has 0 spiro atoms. The molecule has 0 aliphatic heterocycles. The lowest BCUT2D eigenvalue weighted by atomic mass is 10.2. The number of hydrogen-bond acceptors (Lipinski definition) is 4. The lowest BCUT2D eigenvalue weighted by molar-refractivity contribution is -0.147. The zero-order valence-electron chi connectivity index (χ0n) is 14.6. The predicted molar refractivity (Wildman–Crippen MR) is 104 cm³/mol. The van der Waals surface area contributed by atoms with Crippen molar-refractivity contribution in [3.05, 3.63) is 70.2 Å². The minimum absolute atomic E-state index is 0.293. The van der Waals surface area contributed by atoms with Gasteiger partial charge in [0.25, 0.3) is 5.91 Å². The van der Waals surface area contributed by atoms with Gasteiger partial charge in [0.1, 0.15) is 5.75 Å². The molecule has 0 aliphatic carbocycles. The molecule has 0 fully saturated rings. The molecule has 0 saturated carbocycles. The standard InChI is InChI=1S/C20H20BrNO4/c1-22(13-16-8-4-6-10-18(16)25-2)19(23)14-26-20(24)12-11-15-7-3-5-9-17(15)21/h3-12H,13-14H2,1-2H3/b12-11+. The lowest BCUT2D eigenvalue weighted by Gasteiger charge is -2.18. The summed E-state index contributed by atoms with van der Waals surface area (Å²) in [4.78, 5) is 25.4. The summed E-state index contributed by atoms with van der Waals surface area (Å²) in [5, 5.41) is 0. The Labute approximate surface area is 161 Å². The van der Waals surface area contributed by atoms with Crippen LogP contribution in [0.25, 0.3) is 6.08 Å². The van der Waals surface area contributed by atoms with Crippen molar-refractivity contribution in [2.45, 2.75) is 6.54 Å². The van der Waals surface area contributed by atoms with Crippen molar-refractivity contribution >= 4 is 33.9 Å². The van der Waals surface area contributed by atoms with Gasteiger partial charge in [-0.3, -0.25) is 4.79 Å². The summed E-state index contributed by atoms with van der Waals surface area (Å²) < 4.78 is 11.2. The van der Waals surface area contributed by atoms with Crippen molar-refractivity contribution in [1.82, 2.24) is 4.90 Å². The first-order valence-corrected chi connectivity index (χ1v) is 8.75. The lowest BCUT2D eigenvalue weighted by Crippen LogP contribution is -2.30. The summed E-state index contributed by atoms with van der Waals surface area (Å²) in [6.45, 7) is 0.0536. The minimum atomic E-state index is -0.570. The van der Waals surface area contributed by atoms with Gasteiger partial charge in [0, 0.05) is 29.7 Å². The maximum atomic E-state index is 12.2. The van der Waals surface area contributed by atoms with E-state index in [1.807, 2.05) is 48.5 Å². The third-order valence-corrected chi connectivity index (χ3v) is 4.39. The first-order chi connectivity index (χ1) is 12.5. The zero-order valence-corrected chi connectivity index (χ0v) is 16.2. The topological polar surface area (TPSA) is 55.8 Å². The van der Waals surface area contributed by atoms with Crippen LogP contribution in [0.3, 0.4) is 0 Å². The number of methoxy groups -OCH3 is 1.